The SMILES string of the molecule is CC12CN(Cc3ccc(Br)cc3)CC(C)(C[NH+](Cc3ccc(Br)cc3)C1)C2. The Kier molecular flexibility index (Phi) is 5.54. The number of halogens is 2. The molecular weight excluding hydrogens is 464 g/mol. The van der Waals surface area contributed by atoms with E-state index in [0.717, 1.165) is 17.6 Å². The number of rotatable bonds is 4. The fourth-order valence-electron chi connectivity index (χ4n) is 5.76. The molecule has 0 aliphatic carbocycles. The van der Waals surface area contributed by atoms with Crippen molar-refractivity contribution in [3.05, 3.63) is 68.6 Å². The Morgan fingerprint density at radius 1 is 0.815 bits per heavy atom. The molecule has 0 spiro atoms. The number of fused-ring (bicyclic) bond motifs is 2. The van der Waals surface area contributed by atoms with Gasteiger partial charge in [0.25, 0.3) is 0 Å². The molecular formula is C23H29Br2N2+. The van der Waals surface area contributed by atoms with Gasteiger partial charge in [-0.15, -0.1) is 0 Å². The average Bonchev–Trinajstić information content (AvgIpc) is 2.56. The normalized spacial score (nSPS) is 31.0. The van der Waals surface area contributed by atoms with Crippen molar-refractivity contribution in [3.63, 3.8) is 0 Å². The van der Waals surface area contributed by atoms with Crippen molar-refractivity contribution in [2.75, 3.05) is 26.2 Å². The Hall–Kier alpha value is -0.680. The molecule has 1 N–H and O–H groups in total. The molecule has 2 aliphatic heterocycles. The highest BCUT2D eigenvalue weighted by molar-refractivity contribution is 9.10. The minimum atomic E-state index is 0.408. The minimum Gasteiger partial charge on any atom is -0.330 e. The molecule has 2 nitrogen and oxygen atoms in total. The van der Waals surface area contributed by atoms with E-state index in [1.807, 2.05) is 0 Å². The number of piperidine rings is 2. The maximum Gasteiger partial charge on any atom is 0.103 e. The van der Waals surface area contributed by atoms with Gasteiger partial charge in [-0.1, -0.05) is 70.0 Å². The summed E-state index contributed by atoms with van der Waals surface area (Å²) < 4.78 is 2.33. The summed E-state index contributed by atoms with van der Waals surface area (Å²) in [5.74, 6) is 0. The number of benzene rings is 2. The molecule has 0 aromatic heterocycles. The van der Waals surface area contributed by atoms with E-state index in [-0.39, 0.29) is 0 Å². The van der Waals surface area contributed by atoms with E-state index in [0.29, 0.717) is 10.8 Å². The van der Waals surface area contributed by atoms with Gasteiger partial charge in [0.1, 0.15) is 6.54 Å². The van der Waals surface area contributed by atoms with E-state index in [1.165, 1.54) is 48.2 Å². The summed E-state index contributed by atoms with van der Waals surface area (Å²) in [6, 6.07) is 17.7. The molecule has 27 heavy (non-hydrogen) atoms. The van der Waals surface area contributed by atoms with Crippen LogP contribution in [0, 0.1) is 10.8 Å². The first-order valence-corrected chi connectivity index (χ1v) is 11.4. The van der Waals surface area contributed by atoms with Crippen LogP contribution in [0.2, 0.25) is 0 Å². The van der Waals surface area contributed by atoms with Crippen molar-refractivity contribution in [3.8, 4) is 0 Å². The van der Waals surface area contributed by atoms with Gasteiger partial charge in [-0.05, 0) is 36.2 Å². The molecule has 2 unspecified atom stereocenters. The Morgan fingerprint density at radius 3 is 1.81 bits per heavy atom. The Labute approximate surface area is 180 Å². The van der Waals surface area contributed by atoms with Crippen molar-refractivity contribution >= 4 is 31.9 Å². The number of nitrogens with zero attached hydrogens (tertiary/aromatic N) is 1. The molecule has 2 atom stereocenters. The van der Waals surface area contributed by atoms with Crippen molar-refractivity contribution < 1.29 is 4.90 Å². The summed E-state index contributed by atoms with van der Waals surface area (Å²) in [6.07, 6.45) is 1.36. The van der Waals surface area contributed by atoms with Crippen LogP contribution in [0.25, 0.3) is 0 Å². The molecule has 2 heterocycles. The molecule has 2 fully saturated rings. The zero-order chi connectivity index (χ0) is 19.1. The Morgan fingerprint density at radius 2 is 1.30 bits per heavy atom. The molecule has 144 valence electrons. The predicted octanol–water partition coefficient (Wildman–Crippen LogP) is 4.53. The highest BCUT2D eigenvalue weighted by Gasteiger charge is 2.50. The smallest absolute Gasteiger partial charge is 0.103 e. The summed E-state index contributed by atoms with van der Waals surface area (Å²) >= 11 is 7.10. The second-order valence-corrected chi connectivity index (χ2v) is 11.3. The topological polar surface area (TPSA) is 7.68 Å². The summed E-state index contributed by atoms with van der Waals surface area (Å²) in [7, 11) is 0. The molecule has 2 aromatic carbocycles. The van der Waals surface area contributed by atoms with Crippen LogP contribution in [0.1, 0.15) is 31.4 Å². The molecule has 0 radical (unpaired) electrons. The Balaban J connectivity index is 1.45. The van der Waals surface area contributed by atoms with Crippen molar-refractivity contribution in [2.24, 2.45) is 10.8 Å². The molecule has 2 aliphatic rings. The van der Waals surface area contributed by atoms with Crippen molar-refractivity contribution in [2.45, 2.75) is 33.4 Å². The molecule has 4 rings (SSSR count). The first kappa shape index (κ1) is 19.6. The minimum absolute atomic E-state index is 0.408. The average molecular weight is 493 g/mol. The van der Waals surface area contributed by atoms with Crippen molar-refractivity contribution in [1.82, 2.24) is 4.90 Å². The van der Waals surface area contributed by atoms with Crippen LogP contribution >= 0.6 is 31.9 Å². The second-order valence-electron chi connectivity index (χ2n) is 9.48. The molecule has 4 heteroatoms. The van der Waals surface area contributed by atoms with Crippen LogP contribution in [0.4, 0.5) is 0 Å². The predicted molar refractivity (Wildman–Crippen MR) is 119 cm³/mol. The van der Waals surface area contributed by atoms with Crippen LogP contribution in [0.3, 0.4) is 0 Å². The van der Waals surface area contributed by atoms with Gasteiger partial charge in [-0.25, -0.2) is 0 Å². The lowest BCUT2D eigenvalue weighted by molar-refractivity contribution is -0.934. The van der Waals surface area contributed by atoms with Crippen LogP contribution < -0.4 is 4.90 Å². The second kappa shape index (κ2) is 7.62. The van der Waals surface area contributed by atoms with Gasteiger partial charge in [0, 0.05) is 45.0 Å². The van der Waals surface area contributed by atoms with E-state index < -0.39 is 0 Å². The molecule has 2 aromatic rings. The fraction of sp³-hybridized carbons (Fsp3) is 0.478. The van der Waals surface area contributed by atoms with Crippen LogP contribution in [-0.4, -0.2) is 31.1 Å². The Bertz CT molecular complexity index is 706. The largest absolute Gasteiger partial charge is 0.330 e. The third-order valence-electron chi connectivity index (χ3n) is 6.10. The lowest BCUT2D eigenvalue weighted by Gasteiger charge is -2.54. The van der Waals surface area contributed by atoms with E-state index in [2.05, 4.69) is 99.1 Å². The third kappa shape index (κ3) is 4.84. The molecule has 2 bridgehead atoms. The van der Waals surface area contributed by atoms with Crippen molar-refractivity contribution in [1.29, 1.82) is 0 Å². The zero-order valence-electron chi connectivity index (χ0n) is 16.3. The highest BCUT2D eigenvalue weighted by Crippen LogP contribution is 2.41. The lowest BCUT2D eigenvalue weighted by Crippen LogP contribution is -3.15. The molecule has 2 saturated heterocycles. The van der Waals surface area contributed by atoms with E-state index in [1.54, 1.807) is 4.90 Å². The fourth-order valence-corrected chi connectivity index (χ4v) is 6.29. The third-order valence-corrected chi connectivity index (χ3v) is 7.16. The standard InChI is InChI=1S/C23H28Br2N2/c1-22-13-23(2,16-26(14-22)11-18-3-7-20(24)8-4-18)17-27(15-22)12-19-5-9-21(25)10-6-19/h3-10H,11-17H2,1-2H3/p+1. The first-order chi connectivity index (χ1) is 12.8. The summed E-state index contributed by atoms with van der Waals surface area (Å²) in [6.45, 7) is 12.2. The maximum absolute atomic E-state index is 3.55. The van der Waals surface area contributed by atoms with Gasteiger partial charge >= 0.3 is 0 Å². The monoisotopic (exact) mass is 491 g/mol. The van der Waals surface area contributed by atoms with Gasteiger partial charge in [0.15, 0.2) is 0 Å². The number of likely N-dealkylation sites (tertiary alicyclic amines) is 2. The maximum atomic E-state index is 3.55. The van der Waals surface area contributed by atoms with E-state index in [4.69, 9.17) is 0 Å². The van der Waals surface area contributed by atoms with Gasteiger partial charge in [-0.3, -0.25) is 4.90 Å². The number of nitrogens with one attached hydrogen (secondary N) is 1. The highest BCUT2D eigenvalue weighted by atomic mass is 79.9. The van der Waals surface area contributed by atoms with Crippen LogP contribution in [0.5, 0.6) is 0 Å². The summed E-state index contributed by atoms with van der Waals surface area (Å²) in [4.78, 5) is 4.44. The lowest BCUT2D eigenvalue weighted by atomic mass is 9.65. The van der Waals surface area contributed by atoms with Crippen LogP contribution in [-0.2, 0) is 13.1 Å². The first-order valence-electron chi connectivity index (χ1n) is 9.86. The number of quaternary nitrogens is 1. The number of hydrogen-bond donors (Lipinski definition) is 1. The van der Waals surface area contributed by atoms with E-state index in [9.17, 15) is 0 Å². The summed E-state index contributed by atoms with van der Waals surface area (Å²) in [5, 5.41) is 0. The summed E-state index contributed by atoms with van der Waals surface area (Å²) in [5.41, 5.74) is 3.69. The van der Waals surface area contributed by atoms with Crippen LogP contribution in [0.15, 0.2) is 57.5 Å². The van der Waals surface area contributed by atoms with Gasteiger partial charge in [-0.2, -0.15) is 0 Å². The van der Waals surface area contributed by atoms with Gasteiger partial charge < -0.3 is 4.90 Å². The van der Waals surface area contributed by atoms with Gasteiger partial charge in [0.2, 0.25) is 0 Å². The zero-order valence-corrected chi connectivity index (χ0v) is 19.4. The quantitative estimate of drug-likeness (QED) is 0.658. The van der Waals surface area contributed by atoms with Gasteiger partial charge in [0.05, 0.1) is 13.1 Å². The molecule has 0 saturated carbocycles. The molecule has 0 amide bonds. The number of hydrogen-bond acceptors (Lipinski definition) is 1. The van der Waals surface area contributed by atoms with E-state index >= 15 is 0 Å².